The second kappa shape index (κ2) is 5.05. The maximum absolute atomic E-state index is 13.2. The molecular formula is C12H10F2N2S. The fourth-order valence-corrected chi connectivity index (χ4v) is 2.02. The van der Waals surface area contributed by atoms with Gasteiger partial charge >= 0.3 is 0 Å². The average molecular weight is 252 g/mol. The maximum Gasteiger partial charge on any atom is 0.151 e. The van der Waals surface area contributed by atoms with Crippen molar-refractivity contribution in [2.45, 2.75) is 6.92 Å². The average Bonchev–Trinajstić information content (AvgIpc) is 2.68. The van der Waals surface area contributed by atoms with Crippen LogP contribution < -0.4 is 5.43 Å². The molecule has 1 N–H and O–H groups in total. The van der Waals surface area contributed by atoms with Crippen molar-refractivity contribution >= 4 is 23.2 Å². The second-order valence-electron chi connectivity index (χ2n) is 3.44. The smallest absolute Gasteiger partial charge is 0.151 e. The van der Waals surface area contributed by atoms with Crippen LogP contribution in [0.15, 0.2) is 35.4 Å². The van der Waals surface area contributed by atoms with E-state index in [9.17, 15) is 8.78 Å². The Hall–Kier alpha value is -1.75. The summed E-state index contributed by atoms with van der Waals surface area (Å²) in [5, 5.41) is 3.89. The van der Waals surface area contributed by atoms with Gasteiger partial charge in [0.25, 0.3) is 0 Å². The highest BCUT2D eigenvalue weighted by atomic mass is 32.1. The Kier molecular flexibility index (Phi) is 3.49. The van der Waals surface area contributed by atoms with Crippen LogP contribution in [0.2, 0.25) is 0 Å². The minimum atomic E-state index is -0.662. The Morgan fingerprint density at radius 3 is 2.71 bits per heavy atom. The summed E-state index contributed by atoms with van der Waals surface area (Å²) in [6.45, 7) is 2.00. The van der Waals surface area contributed by atoms with Gasteiger partial charge in [-0.3, -0.25) is 5.43 Å². The Morgan fingerprint density at radius 2 is 2.06 bits per heavy atom. The maximum atomic E-state index is 13.2. The Labute approximate surface area is 102 Å². The van der Waals surface area contributed by atoms with Crippen LogP contribution in [0.4, 0.5) is 14.5 Å². The Bertz CT molecular complexity index is 549. The van der Waals surface area contributed by atoms with Gasteiger partial charge in [0.15, 0.2) is 5.82 Å². The summed E-state index contributed by atoms with van der Waals surface area (Å²) in [6.07, 6.45) is 1.60. The van der Waals surface area contributed by atoms with Gasteiger partial charge in [0.2, 0.25) is 0 Å². The van der Waals surface area contributed by atoms with Crippen LogP contribution in [0.1, 0.15) is 9.75 Å². The largest absolute Gasteiger partial charge is 0.275 e. The topological polar surface area (TPSA) is 24.4 Å². The van der Waals surface area contributed by atoms with Crippen molar-refractivity contribution in [2.75, 3.05) is 5.43 Å². The SMILES string of the molecule is Cc1ccc(/C=N/Nc2ccc(F)cc2F)s1. The zero-order valence-corrected chi connectivity index (χ0v) is 9.89. The fraction of sp³-hybridized carbons (Fsp3) is 0.0833. The lowest BCUT2D eigenvalue weighted by Gasteiger charge is -2.00. The number of rotatable bonds is 3. The third-order valence-electron chi connectivity index (χ3n) is 2.07. The number of nitrogens with zero attached hydrogens (tertiary/aromatic N) is 1. The van der Waals surface area contributed by atoms with Gasteiger partial charge in [-0.25, -0.2) is 8.78 Å². The molecule has 0 amide bonds. The van der Waals surface area contributed by atoms with E-state index in [0.29, 0.717) is 0 Å². The van der Waals surface area contributed by atoms with Crippen LogP contribution in [-0.4, -0.2) is 6.21 Å². The number of nitrogens with one attached hydrogen (secondary N) is 1. The van der Waals surface area contributed by atoms with Gasteiger partial charge in [-0.15, -0.1) is 11.3 Å². The molecule has 2 rings (SSSR count). The number of thiophene rings is 1. The standard InChI is InChI=1S/C12H10F2N2S/c1-8-2-4-10(17-8)7-15-16-12-5-3-9(13)6-11(12)14/h2-7,16H,1H3/b15-7+. The van der Waals surface area contributed by atoms with Crippen molar-refractivity contribution in [2.24, 2.45) is 5.10 Å². The number of benzene rings is 1. The van der Waals surface area contributed by atoms with Crippen LogP contribution in [0.5, 0.6) is 0 Å². The molecule has 1 aromatic heterocycles. The molecule has 1 aromatic carbocycles. The first-order valence-electron chi connectivity index (χ1n) is 4.96. The van der Waals surface area contributed by atoms with Crippen LogP contribution in [-0.2, 0) is 0 Å². The molecule has 2 aromatic rings. The van der Waals surface area contributed by atoms with Crippen molar-refractivity contribution in [3.63, 3.8) is 0 Å². The molecule has 17 heavy (non-hydrogen) atoms. The molecule has 0 aliphatic carbocycles. The first-order chi connectivity index (χ1) is 8.15. The molecule has 5 heteroatoms. The van der Waals surface area contributed by atoms with E-state index >= 15 is 0 Å². The molecule has 0 fully saturated rings. The molecule has 1 heterocycles. The summed E-state index contributed by atoms with van der Waals surface area (Å²) in [4.78, 5) is 2.15. The van der Waals surface area contributed by atoms with E-state index in [1.807, 2.05) is 19.1 Å². The van der Waals surface area contributed by atoms with Crippen molar-refractivity contribution < 1.29 is 8.78 Å². The third kappa shape index (κ3) is 3.10. The van der Waals surface area contributed by atoms with Crippen LogP contribution in [0.25, 0.3) is 0 Å². The highest BCUT2D eigenvalue weighted by molar-refractivity contribution is 7.13. The van der Waals surface area contributed by atoms with Gasteiger partial charge in [-0.1, -0.05) is 0 Å². The van der Waals surface area contributed by atoms with Gasteiger partial charge in [0, 0.05) is 15.8 Å². The summed E-state index contributed by atoms with van der Waals surface area (Å²) >= 11 is 1.59. The number of hydrogen-bond donors (Lipinski definition) is 1. The highest BCUT2D eigenvalue weighted by Crippen LogP contribution is 2.15. The first-order valence-corrected chi connectivity index (χ1v) is 5.77. The third-order valence-corrected chi connectivity index (χ3v) is 3.00. The molecule has 0 saturated heterocycles. The zero-order valence-electron chi connectivity index (χ0n) is 9.08. The Balaban J connectivity index is 2.04. The van der Waals surface area contributed by atoms with Gasteiger partial charge in [0.05, 0.1) is 11.9 Å². The molecule has 0 aliphatic rings. The first kappa shape index (κ1) is 11.7. The summed E-state index contributed by atoms with van der Waals surface area (Å²) in [7, 11) is 0. The van der Waals surface area contributed by atoms with E-state index in [4.69, 9.17) is 0 Å². The zero-order chi connectivity index (χ0) is 12.3. The summed E-state index contributed by atoms with van der Waals surface area (Å²) in [6, 6.07) is 7.20. The van der Waals surface area contributed by atoms with E-state index in [1.165, 1.54) is 17.0 Å². The van der Waals surface area contributed by atoms with E-state index in [1.54, 1.807) is 17.6 Å². The van der Waals surface area contributed by atoms with Gasteiger partial charge in [-0.2, -0.15) is 5.10 Å². The molecule has 0 spiro atoms. The predicted molar refractivity (Wildman–Crippen MR) is 66.6 cm³/mol. The normalized spacial score (nSPS) is 11.0. The van der Waals surface area contributed by atoms with E-state index in [2.05, 4.69) is 10.5 Å². The van der Waals surface area contributed by atoms with Crippen LogP contribution in [0, 0.1) is 18.6 Å². The van der Waals surface area contributed by atoms with Crippen molar-refractivity contribution in [3.05, 3.63) is 51.7 Å². The predicted octanol–water partition coefficient (Wildman–Crippen LogP) is 3.78. The number of aryl methyl sites for hydroxylation is 1. The minimum absolute atomic E-state index is 0.149. The molecule has 0 bridgehead atoms. The van der Waals surface area contributed by atoms with Crippen LogP contribution >= 0.6 is 11.3 Å². The molecule has 0 atom stereocenters. The lowest BCUT2D eigenvalue weighted by molar-refractivity contribution is 0.585. The van der Waals surface area contributed by atoms with E-state index in [-0.39, 0.29) is 5.69 Å². The van der Waals surface area contributed by atoms with E-state index < -0.39 is 11.6 Å². The van der Waals surface area contributed by atoms with Crippen molar-refractivity contribution in [1.29, 1.82) is 0 Å². The summed E-state index contributed by atoms with van der Waals surface area (Å²) < 4.78 is 25.8. The number of anilines is 1. The van der Waals surface area contributed by atoms with Crippen LogP contribution in [0.3, 0.4) is 0 Å². The van der Waals surface area contributed by atoms with Gasteiger partial charge in [0.1, 0.15) is 5.82 Å². The molecule has 2 nitrogen and oxygen atoms in total. The van der Waals surface area contributed by atoms with Gasteiger partial charge < -0.3 is 0 Å². The minimum Gasteiger partial charge on any atom is -0.275 e. The van der Waals surface area contributed by atoms with E-state index in [0.717, 1.165) is 10.9 Å². The quantitative estimate of drug-likeness (QED) is 0.652. The Morgan fingerprint density at radius 1 is 1.24 bits per heavy atom. The summed E-state index contributed by atoms with van der Waals surface area (Å²) in [5.74, 6) is -1.27. The highest BCUT2D eigenvalue weighted by Gasteiger charge is 2.01. The fourth-order valence-electron chi connectivity index (χ4n) is 1.27. The number of halogens is 2. The molecule has 0 saturated carbocycles. The molecule has 0 aliphatic heterocycles. The molecular weight excluding hydrogens is 242 g/mol. The lowest BCUT2D eigenvalue weighted by Crippen LogP contribution is -1.93. The van der Waals surface area contributed by atoms with Crippen molar-refractivity contribution in [1.82, 2.24) is 0 Å². The second-order valence-corrected chi connectivity index (χ2v) is 4.76. The summed E-state index contributed by atoms with van der Waals surface area (Å²) in [5.41, 5.74) is 2.68. The monoisotopic (exact) mass is 252 g/mol. The van der Waals surface area contributed by atoms with Crippen molar-refractivity contribution in [3.8, 4) is 0 Å². The molecule has 0 unspecified atom stereocenters. The van der Waals surface area contributed by atoms with Gasteiger partial charge in [-0.05, 0) is 31.2 Å². The number of hydrogen-bond acceptors (Lipinski definition) is 3. The molecule has 88 valence electrons. The lowest BCUT2D eigenvalue weighted by atomic mass is 10.3. The molecule has 0 radical (unpaired) electrons. The number of hydrazone groups is 1.